The van der Waals surface area contributed by atoms with E-state index in [9.17, 15) is 15.8 Å². The number of nitrogens with one attached hydrogen (secondary N) is 2. The second-order valence-corrected chi connectivity index (χ2v) is 8.16. The second-order valence-electron chi connectivity index (χ2n) is 7.25. The fourth-order valence-electron chi connectivity index (χ4n) is 4.58. The number of fused-ring (bicyclic) bond motifs is 1. The number of benzene rings is 1. The van der Waals surface area contributed by atoms with E-state index in [-0.39, 0.29) is 17.5 Å². The number of hydrogen-bond acceptors (Lipinski definition) is 4. The molecule has 1 unspecified atom stereocenters. The summed E-state index contributed by atoms with van der Waals surface area (Å²) in [5.41, 5.74) is -0.0141. The zero-order chi connectivity index (χ0) is 19.6. The van der Waals surface area contributed by atoms with Gasteiger partial charge in [-0.1, -0.05) is 35.0 Å². The van der Waals surface area contributed by atoms with Crippen LogP contribution in [0.3, 0.4) is 0 Å². The molecule has 2 N–H and O–H groups in total. The molecule has 3 rings (SSSR count). The van der Waals surface area contributed by atoms with Crippen LogP contribution < -0.4 is 4.90 Å². The van der Waals surface area contributed by atoms with Crippen LogP contribution >= 0.6 is 15.9 Å². The number of nitrogens with zero attached hydrogens (tertiary/aromatic N) is 3. The third-order valence-corrected chi connectivity index (χ3v) is 6.26. The number of nitriles is 3. The molecule has 1 aromatic rings. The Kier molecular flexibility index (Phi) is 5.47. The molecule has 6 heteroatoms. The molecule has 1 fully saturated rings. The molecule has 0 radical (unpaired) electrons. The van der Waals surface area contributed by atoms with Gasteiger partial charge in [-0.05, 0) is 35.8 Å². The van der Waals surface area contributed by atoms with Crippen molar-refractivity contribution in [2.75, 3.05) is 19.6 Å². The monoisotopic (exact) mass is 422 g/mol. The highest BCUT2D eigenvalue weighted by molar-refractivity contribution is 9.10. The topological polar surface area (TPSA) is 99.7 Å². The van der Waals surface area contributed by atoms with E-state index in [0.717, 1.165) is 36.1 Å². The lowest BCUT2D eigenvalue weighted by Crippen LogP contribution is -3.13. The van der Waals surface area contributed by atoms with Gasteiger partial charge in [-0.3, -0.25) is 0 Å². The van der Waals surface area contributed by atoms with E-state index in [0.29, 0.717) is 5.57 Å². The average Bonchev–Trinajstić information content (AvgIpc) is 2.68. The molecule has 0 bridgehead atoms. The van der Waals surface area contributed by atoms with Gasteiger partial charge >= 0.3 is 0 Å². The fourth-order valence-corrected chi connectivity index (χ4v) is 4.99. The number of rotatable bonds is 3. The van der Waals surface area contributed by atoms with Gasteiger partial charge in [0.15, 0.2) is 0 Å². The number of hydrogen-bond donors (Lipinski definition) is 2. The standard InChI is InChI=1S/C21H20BrN5/c1-2-7-27-8-6-18-17(11-27)19(14-4-3-5-15(22)9-14)16(10-23)20(26)21(18,12-24)13-25/h3-6,9,16-17,19,26H,2,7-8,11H2,1H3/p+1/t16-,17-,19-/m1/s1. The van der Waals surface area contributed by atoms with Crippen LogP contribution in [0.2, 0.25) is 0 Å². The lowest BCUT2D eigenvalue weighted by molar-refractivity contribution is -0.899. The highest BCUT2D eigenvalue weighted by atomic mass is 79.9. The van der Waals surface area contributed by atoms with Crippen LogP contribution in [0.4, 0.5) is 0 Å². The molecular formula is C21H21BrN5+. The van der Waals surface area contributed by atoms with Crippen molar-refractivity contribution in [2.45, 2.75) is 19.3 Å². The first-order valence-corrected chi connectivity index (χ1v) is 9.92. The molecule has 27 heavy (non-hydrogen) atoms. The zero-order valence-electron chi connectivity index (χ0n) is 15.2. The SMILES string of the molecule is CCC[NH+]1CC=C2[C@@H](C1)[C@H](c1cccc(Br)c1)[C@@H](C#N)C(=N)C2(C#N)C#N. The minimum absolute atomic E-state index is 0.0820. The average molecular weight is 423 g/mol. The molecule has 0 spiro atoms. The maximum Gasteiger partial charge on any atom is 0.203 e. The van der Waals surface area contributed by atoms with Crippen LogP contribution in [0.25, 0.3) is 0 Å². The third kappa shape index (κ3) is 3.08. The van der Waals surface area contributed by atoms with Gasteiger partial charge in [-0.25, -0.2) is 0 Å². The van der Waals surface area contributed by atoms with Crippen molar-refractivity contribution in [3.05, 3.63) is 46.0 Å². The largest absolute Gasteiger partial charge is 0.331 e. The van der Waals surface area contributed by atoms with Gasteiger partial charge in [0, 0.05) is 16.3 Å². The smallest absolute Gasteiger partial charge is 0.203 e. The van der Waals surface area contributed by atoms with Crippen LogP contribution in [0, 0.1) is 56.7 Å². The fraction of sp³-hybridized carbons (Fsp3) is 0.429. The van der Waals surface area contributed by atoms with E-state index in [4.69, 9.17) is 5.41 Å². The van der Waals surface area contributed by atoms with Gasteiger partial charge in [-0.15, -0.1) is 0 Å². The van der Waals surface area contributed by atoms with Gasteiger partial charge in [0.25, 0.3) is 0 Å². The van der Waals surface area contributed by atoms with E-state index in [1.807, 2.05) is 30.3 Å². The molecule has 0 amide bonds. The molecule has 1 aliphatic carbocycles. The third-order valence-electron chi connectivity index (χ3n) is 5.77. The van der Waals surface area contributed by atoms with Gasteiger partial charge in [0.1, 0.15) is 0 Å². The van der Waals surface area contributed by atoms with Crippen LogP contribution in [-0.4, -0.2) is 25.3 Å². The quantitative estimate of drug-likeness (QED) is 0.731. The van der Waals surface area contributed by atoms with Crippen molar-refractivity contribution < 1.29 is 4.90 Å². The van der Waals surface area contributed by atoms with Gasteiger partial charge in [0.05, 0.1) is 49.5 Å². The van der Waals surface area contributed by atoms with Crippen molar-refractivity contribution in [2.24, 2.45) is 17.3 Å². The summed E-state index contributed by atoms with van der Waals surface area (Å²) in [6.45, 7) is 4.67. The number of quaternary nitrogens is 1. The first-order valence-electron chi connectivity index (χ1n) is 9.13. The van der Waals surface area contributed by atoms with Gasteiger partial charge in [0.2, 0.25) is 5.41 Å². The minimum atomic E-state index is -1.62. The van der Waals surface area contributed by atoms with Crippen molar-refractivity contribution in [1.29, 1.82) is 21.2 Å². The highest BCUT2D eigenvalue weighted by Gasteiger charge is 2.57. The lowest BCUT2D eigenvalue weighted by Gasteiger charge is -2.46. The predicted octanol–water partition coefficient (Wildman–Crippen LogP) is 2.59. The van der Waals surface area contributed by atoms with Gasteiger partial charge < -0.3 is 10.3 Å². The van der Waals surface area contributed by atoms with Crippen LogP contribution in [0.15, 0.2) is 40.4 Å². The van der Waals surface area contributed by atoms with Crippen molar-refractivity contribution in [3.63, 3.8) is 0 Å². The summed E-state index contributed by atoms with van der Waals surface area (Å²) >= 11 is 3.50. The maximum absolute atomic E-state index is 9.90. The van der Waals surface area contributed by atoms with E-state index in [1.165, 1.54) is 4.90 Å². The zero-order valence-corrected chi connectivity index (χ0v) is 16.8. The van der Waals surface area contributed by atoms with Crippen LogP contribution in [-0.2, 0) is 0 Å². The Hall–Kier alpha value is -2.46. The maximum atomic E-state index is 9.90. The summed E-state index contributed by atoms with van der Waals surface area (Å²) in [7, 11) is 0. The molecular weight excluding hydrogens is 402 g/mol. The van der Waals surface area contributed by atoms with E-state index in [2.05, 4.69) is 41.1 Å². The Labute approximate surface area is 168 Å². The normalized spacial score (nSPS) is 28.9. The summed E-state index contributed by atoms with van der Waals surface area (Å²) in [6.07, 6.45) is 3.03. The molecule has 1 aliphatic heterocycles. The summed E-state index contributed by atoms with van der Waals surface area (Å²) in [5.74, 6) is -1.12. The molecule has 5 nitrogen and oxygen atoms in total. The summed E-state index contributed by atoms with van der Waals surface area (Å²) in [4.78, 5) is 1.39. The Morgan fingerprint density at radius 2 is 2.04 bits per heavy atom. The minimum Gasteiger partial charge on any atom is -0.331 e. The Morgan fingerprint density at radius 3 is 2.63 bits per heavy atom. The molecule has 136 valence electrons. The lowest BCUT2D eigenvalue weighted by atomic mass is 9.55. The van der Waals surface area contributed by atoms with E-state index in [1.54, 1.807) is 0 Å². The summed E-state index contributed by atoms with van der Waals surface area (Å²) in [5, 5.41) is 38.2. The first-order chi connectivity index (χ1) is 13.0. The van der Waals surface area contributed by atoms with Crippen molar-refractivity contribution in [1.82, 2.24) is 0 Å². The molecule has 4 atom stereocenters. The van der Waals surface area contributed by atoms with Crippen LogP contribution in [0.5, 0.6) is 0 Å². The Bertz CT molecular complexity index is 900. The van der Waals surface area contributed by atoms with Crippen molar-refractivity contribution in [3.8, 4) is 18.2 Å². The predicted molar refractivity (Wildman–Crippen MR) is 105 cm³/mol. The Balaban J connectivity index is 2.19. The first kappa shape index (κ1) is 19.3. The Morgan fingerprint density at radius 1 is 1.30 bits per heavy atom. The molecule has 1 saturated carbocycles. The molecule has 1 aromatic carbocycles. The summed E-state index contributed by atoms with van der Waals surface area (Å²) < 4.78 is 0.916. The summed E-state index contributed by atoms with van der Waals surface area (Å²) in [6, 6.07) is 14.2. The van der Waals surface area contributed by atoms with E-state index < -0.39 is 11.3 Å². The second kappa shape index (κ2) is 7.65. The number of halogens is 1. The van der Waals surface area contributed by atoms with Gasteiger partial charge in [-0.2, -0.15) is 15.8 Å². The molecule has 0 saturated heterocycles. The molecule has 1 heterocycles. The molecule has 2 aliphatic rings. The van der Waals surface area contributed by atoms with E-state index >= 15 is 0 Å². The van der Waals surface area contributed by atoms with Crippen LogP contribution in [0.1, 0.15) is 24.8 Å². The molecule has 0 aromatic heterocycles. The van der Waals surface area contributed by atoms with Crippen molar-refractivity contribution >= 4 is 21.6 Å². The highest BCUT2D eigenvalue weighted by Crippen LogP contribution is 2.51.